The molecule has 1 amide bonds. The van der Waals surface area contributed by atoms with E-state index in [1.54, 1.807) is 25.3 Å². The van der Waals surface area contributed by atoms with Crippen LogP contribution in [0.25, 0.3) is 22.6 Å². The number of methoxy groups -OCH3 is 1. The number of carbonyl (C=O) groups excluding carboxylic acids is 1. The molecule has 0 spiro atoms. The van der Waals surface area contributed by atoms with Gasteiger partial charge in [-0.15, -0.1) is 0 Å². The number of hydrogen-bond acceptors (Lipinski definition) is 7. The van der Waals surface area contributed by atoms with Crippen LogP contribution in [0.5, 0.6) is 11.5 Å². The molecule has 0 radical (unpaired) electrons. The number of ether oxygens (including phenoxy) is 2. The molecular formula is C22H17N3O6. The molecule has 0 saturated carbocycles. The predicted octanol–water partition coefficient (Wildman–Crippen LogP) is 4.43. The van der Waals surface area contributed by atoms with E-state index >= 15 is 0 Å². The normalized spacial score (nSPS) is 10.6. The highest BCUT2D eigenvalue weighted by Crippen LogP contribution is 2.28. The third-order valence-corrected chi connectivity index (χ3v) is 4.41. The van der Waals surface area contributed by atoms with E-state index in [9.17, 15) is 14.9 Å². The van der Waals surface area contributed by atoms with Crippen LogP contribution in [0.2, 0.25) is 0 Å². The summed E-state index contributed by atoms with van der Waals surface area (Å²) in [5.74, 6) is 1.12. The number of hydrogen-bond donors (Lipinski definition) is 1. The van der Waals surface area contributed by atoms with Gasteiger partial charge in [0.2, 0.25) is 5.89 Å². The molecule has 1 N–H and O–H groups in total. The number of amides is 1. The minimum atomic E-state index is -0.504. The summed E-state index contributed by atoms with van der Waals surface area (Å²) in [5, 5.41) is 13.4. The Balaban J connectivity index is 1.42. The average Bonchev–Trinajstić information content (AvgIpc) is 3.21. The summed E-state index contributed by atoms with van der Waals surface area (Å²) in [4.78, 5) is 26.8. The Morgan fingerprint density at radius 3 is 2.65 bits per heavy atom. The summed E-state index contributed by atoms with van der Waals surface area (Å²) in [5.41, 5.74) is 2.43. The van der Waals surface area contributed by atoms with E-state index in [1.165, 1.54) is 24.3 Å². The highest BCUT2D eigenvalue weighted by molar-refractivity contribution is 5.94. The highest BCUT2D eigenvalue weighted by atomic mass is 16.6. The van der Waals surface area contributed by atoms with Crippen molar-refractivity contribution in [3.63, 3.8) is 0 Å². The Kier molecular flexibility index (Phi) is 5.48. The van der Waals surface area contributed by atoms with Crippen molar-refractivity contribution in [3.8, 4) is 23.0 Å². The van der Waals surface area contributed by atoms with Crippen LogP contribution in [0.4, 0.5) is 11.4 Å². The van der Waals surface area contributed by atoms with Crippen molar-refractivity contribution in [3.05, 3.63) is 76.8 Å². The van der Waals surface area contributed by atoms with E-state index in [2.05, 4.69) is 10.3 Å². The number of non-ortho nitro benzene ring substituents is 1. The van der Waals surface area contributed by atoms with E-state index in [4.69, 9.17) is 13.9 Å². The largest absolute Gasteiger partial charge is 0.497 e. The quantitative estimate of drug-likeness (QED) is 0.348. The molecule has 0 aliphatic carbocycles. The fraction of sp³-hybridized carbons (Fsp3) is 0.0909. The summed E-state index contributed by atoms with van der Waals surface area (Å²) in [6, 6.07) is 18.0. The number of anilines is 1. The van der Waals surface area contributed by atoms with Crippen molar-refractivity contribution in [1.82, 2.24) is 4.98 Å². The van der Waals surface area contributed by atoms with E-state index in [1.807, 2.05) is 24.3 Å². The van der Waals surface area contributed by atoms with Gasteiger partial charge in [0.05, 0.1) is 12.0 Å². The zero-order chi connectivity index (χ0) is 21.8. The number of nitrogens with one attached hydrogen (secondary N) is 1. The Labute approximate surface area is 176 Å². The molecule has 0 unspecified atom stereocenters. The molecule has 0 aliphatic rings. The van der Waals surface area contributed by atoms with Crippen molar-refractivity contribution >= 4 is 28.4 Å². The lowest BCUT2D eigenvalue weighted by molar-refractivity contribution is -0.384. The van der Waals surface area contributed by atoms with E-state index < -0.39 is 4.92 Å². The van der Waals surface area contributed by atoms with E-state index in [-0.39, 0.29) is 18.2 Å². The number of carbonyl (C=O) groups is 1. The number of benzene rings is 3. The van der Waals surface area contributed by atoms with Crippen LogP contribution in [0.3, 0.4) is 0 Å². The maximum Gasteiger partial charge on any atom is 0.269 e. The molecule has 9 heteroatoms. The smallest absolute Gasteiger partial charge is 0.269 e. The van der Waals surface area contributed by atoms with Crippen molar-refractivity contribution in [2.24, 2.45) is 0 Å². The molecule has 1 aromatic heterocycles. The zero-order valence-electron chi connectivity index (χ0n) is 16.4. The Bertz CT molecular complexity index is 1250. The predicted molar refractivity (Wildman–Crippen MR) is 113 cm³/mol. The molecule has 3 aromatic carbocycles. The fourth-order valence-corrected chi connectivity index (χ4v) is 2.89. The van der Waals surface area contributed by atoms with Gasteiger partial charge in [-0.05, 0) is 48.5 Å². The molecule has 0 aliphatic heterocycles. The number of nitrogens with zero attached hydrogens (tertiary/aromatic N) is 2. The lowest BCUT2D eigenvalue weighted by Crippen LogP contribution is -2.20. The van der Waals surface area contributed by atoms with Gasteiger partial charge >= 0.3 is 0 Å². The van der Waals surface area contributed by atoms with Gasteiger partial charge in [0, 0.05) is 23.4 Å². The third kappa shape index (κ3) is 4.61. The number of nitro benzene ring substituents is 1. The molecule has 4 rings (SSSR count). The van der Waals surface area contributed by atoms with Gasteiger partial charge in [-0.1, -0.05) is 6.07 Å². The monoisotopic (exact) mass is 419 g/mol. The topological polar surface area (TPSA) is 117 Å². The molecule has 0 saturated heterocycles. The van der Waals surface area contributed by atoms with Gasteiger partial charge in [0.25, 0.3) is 11.6 Å². The summed E-state index contributed by atoms with van der Waals surface area (Å²) >= 11 is 0. The van der Waals surface area contributed by atoms with Gasteiger partial charge < -0.3 is 19.2 Å². The number of oxazole rings is 1. The first-order chi connectivity index (χ1) is 15.0. The fourth-order valence-electron chi connectivity index (χ4n) is 2.89. The molecule has 9 nitrogen and oxygen atoms in total. The maximum absolute atomic E-state index is 12.2. The Hall–Kier alpha value is -4.40. The number of aromatic nitrogens is 1. The van der Waals surface area contributed by atoms with Crippen LogP contribution in [-0.4, -0.2) is 29.5 Å². The van der Waals surface area contributed by atoms with Gasteiger partial charge in [-0.2, -0.15) is 0 Å². The summed E-state index contributed by atoms with van der Waals surface area (Å²) < 4.78 is 16.4. The third-order valence-electron chi connectivity index (χ3n) is 4.41. The van der Waals surface area contributed by atoms with Gasteiger partial charge in [0.1, 0.15) is 17.0 Å². The molecule has 0 fully saturated rings. The van der Waals surface area contributed by atoms with E-state index in [0.29, 0.717) is 34.2 Å². The standard InChI is InChI=1S/C22H17N3O6/c1-29-18-4-2-3-14(11-18)22-24-19-12-15(5-10-20(19)31-22)23-21(26)13-30-17-8-6-16(7-9-17)25(27)28/h2-12H,13H2,1H3,(H,23,26). The van der Waals surface area contributed by atoms with Crippen LogP contribution < -0.4 is 14.8 Å². The first kappa shape index (κ1) is 19.9. The number of nitro groups is 1. The maximum atomic E-state index is 12.2. The van der Waals surface area contributed by atoms with E-state index in [0.717, 1.165) is 5.56 Å². The molecule has 0 atom stereocenters. The van der Waals surface area contributed by atoms with Crippen molar-refractivity contribution in [2.75, 3.05) is 19.0 Å². The average molecular weight is 419 g/mol. The van der Waals surface area contributed by atoms with Crippen LogP contribution in [-0.2, 0) is 4.79 Å². The number of fused-ring (bicyclic) bond motifs is 1. The SMILES string of the molecule is COc1cccc(-c2nc3cc(NC(=O)COc4ccc([N+](=O)[O-])cc4)ccc3o2)c1. The first-order valence-corrected chi connectivity index (χ1v) is 9.24. The van der Waals surface area contributed by atoms with Gasteiger partial charge in [0.15, 0.2) is 12.2 Å². The van der Waals surface area contributed by atoms with Crippen LogP contribution in [0.1, 0.15) is 0 Å². The van der Waals surface area contributed by atoms with Crippen LogP contribution in [0.15, 0.2) is 71.1 Å². The lowest BCUT2D eigenvalue weighted by atomic mass is 10.2. The Morgan fingerprint density at radius 1 is 1.10 bits per heavy atom. The molecule has 1 heterocycles. The minimum Gasteiger partial charge on any atom is -0.497 e. The summed E-state index contributed by atoms with van der Waals surface area (Å²) in [7, 11) is 1.59. The van der Waals surface area contributed by atoms with Crippen molar-refractivity contribution < 1.29 is 23.6 Å². The first-order valence-electron chi connectivity index (χ1n) is 9.24. The summed E-state index contributed by atoms with van der Waals surface area (Å²) in [6.07, 6.45) is 0. The molecule has 0 bridgehead atoms. The minimum absolute atomic E-state index is 0.0500. The molecular weight excluding hydrogens is 402 g/mol. The van der Waals surface area contributed by atoms with Gasteiger partial charge in [-0.3, -0.25) is 14.9 Å². The molecule has 156 valence electrons. The molecule has 31 heavy (non-hydrogen) atoms. The van der Waals surface area contributed by atoms with Crippen molar-refractivity contribution in [1.29, 1.82) is 0 Å². The zero-order valence-corrected chi connectivity index (χ0v) is 16.4. The second-order valence-corrected chi connectivity index (χ2v) is 6.52. The second-order valence-electron chi connectivity index (χ2n) is 6.52. The molecule has 4 aromatic rings. The summed E-state index contributed by atoms with van der Waals surface area (Å²) in [6.45, 7) is -0.246. The lowest BCUT2D eigenvalue weighted by Gasteiger charge is -2.07. The van der Waals surface area contributed by atoms with Crippen molar-refractivity contribution in [2.45, 2.75) is 0 Å². The highest BCUT2D eigenvalue weighted by Gasteiger charge is 2.11. The number of rotatable bonds is 7. The van der Waals surface area contributed by atoms with Gasteiger partial charge in [-0.25, -0.2) is 4.98 Å². The Morgan fingerprint density at radius 2 is 1.90 bits per heavy atom. The second kappa shape index (κ2) is 8.54. The van der Waals surface area contributed by atoms with Crippen LogP contribution in [0, 0.1) is 10.1 Å². The van der Waals surface area contributed by atoms with Crippen LogP contribution >= 0.6 is 0 Å².